The number of carbonyl (C=O) groups is 2. The van der Waals surface area contributed by atoms with Crippen molar-refractivity contribution in [3.8, 4) is 0 Å². The summed E-state index contributed by atoms with van der Waals surface area (Å²) in [4.78, 5) is 25.5. The Kier molecular flexibility index (Phi) is 5.61. The first-order chi connectivity index (χ1) is 16.2. The molecule has 3 N–H and O–H groups in total. The molecule has 0 radical (unpaired) electrons. The molecule has 0 aromatic carbocycles. The minimum atomic E-state index is -1.40. The first-order valence-corrected chi connectivity index (χ1v) is 13.4. The number of aliphatic hydroxyl groups excluding tert-OH is 1. The van der Waals surface area contributed by atoms with Crippen LogP contribution in [0, 0.1) is 33.5 Å². The number of aliphatic hydroxyl groups is 2. The lowest BCUT2D eigenvalue weighted by Crippen LogP contribution is -2.78. The van der Waals surface area contributed by atoms with E-state index in [4.69, 9.17) is 9.47 Å². The summed E-state index contributed by atoms with van der Waals surface area (Å²) < 4.78 is 12.1. The highest BCUT2D eigenvalue weighted by Gasteiger charge is 2.77. The van der Waals surface area contributed by atoms with E-state index in [2.05, 4.69) is 46.0 Å². The molecule has 3 saturated carbocycles. The molecule has 0 bridgehead atoms. The third-order valence-electron chi connectivity index (χ3n) is 11.6. The predicted octanol–water partition coefficient (Wildman–Crippen LogP) is 3.12. The smallest absolute Gasteiger partial charge is 0.309 e. The summed E-state index contributed by atoms with van der Waals surface area (Å²) >= 11 is 0. The molecule has 9 atom stereocenters. The molecule has 0 spiro atoms. The highest BCUT2D eigenvalue weighted by atomic mass is 16.6. The van der Waals surface area contributed by atoms with Gasteiger partial charge in [-0.2, -0.15) is 0 Å². The number of cyclic esters (lactones) is 1. The summed E-state index contributed by atoms with van der Waals surface area (Å²) in [6.07, 6.45) is 4.20. The maximum atomic E-state index is 13.1. The van der Waals surface area contributed by atoms with Crippen LogP contribution in [0.4, 0.5) is 0 Å². The van der Waals surface area contributed by atoms with Crippen LogP contribution in [-0.2, 0) is 19.1 Å². The Morgan fingerprint density at radius 2 is 1.86 bits per heavy atom. The number of nitrogens with one attached hydrogen (secondary N) is 1. The van der Waals surface area contributed by atoms with Crippen LogP contribution in [0.2, 0.25) is 0 Å². The average molecular weight is 490 g/mol. The quantitative estimate of drug-likeness (QED) is 0.404. The van der Waals surface area contributed by atoms with Crippen LogP contribution in [0.3, 0.4) is 0 Å². The minimum Gasteiger partial charge on any atom is -0.462 e. The SMILES string of the molecule is CC(=O)O[C@@H]1CC2C(C)(C)[C@H](O)CC[C@]2(C)C2CC[C@@]3(C)[C@H](C4=CCNC4)OC(=O)CC3(O)[C@@]21C. The molecule has 3 unspecified atom stereocenters. The summed E-state index contributed by atoms with van der Waals surface area (Å²) in [5, 5.41) is 27.2. The van der Waals surface area contributed by atoms with Gasteiger partial charge in [0.05, 0.1) is 18.1 Å². The van der Waals surface area contributed by atoms with Gasteiger partial charge in [-0.05, 0) is 60.3 Å². The van der Waals surface area contributed by atoms with Gasteiger partial charge in [0, 0.05) is 30.8 Å². The molecule has 5 aliphatic rings. The van der Waals surface area contributed by atoms with E-state index in [0.717, 1.165) is 31.4 Å². The van der Waals surface area contributed by atoms with Crippen molar-refractivity contribution in [1.29, 1.82) is 0 Å². The summed E-state index contributed by atoms with van der Waals surface area (Å²) in [6.45, 7) is 13.5. The van der Waals surface area contributed by atoms with Crippen molar-refractivity contribution >= 4 is 11.9 Å². The molecule has 196 valence electrons. The van der Waals surface area contributed by atoms with Crippen LogP contribution >= 0.6 is 0 Å². The largest absolute Gasteiger partial charge is 0.462 e. The topological polar surface area (TPSA) is 105 Å². The van der Waals surface area contributed by atoms with Crippen LogP contribution in [0.1, 0.15) is 80.1 Å². The molecule has 1 saturated heterocycles. The lowest BCUT2D eigenvalue weighted by atomic mass is 9.33. The zero-order valence-electron chi connectivity index (χ0n) is 22.1. The van der Waals surface area contributed by atoms with Crippen molar-refractivity contribution in [2.24, 2.45) is 33.5 Å². The van der Waals surface area contributed by atoms with Crippen molar-refractivity contribution in [3.05, 3.63) is 11.6 Å². The van der Waals surface area contributed by atoms with Gasteiger partial charge in [-0.3, -0.25) is 9.59 Å². The van der Waals surface area contributed by atoms with E-state index in [9.17, 15) is 19.8 Å². The fourth-order valence-electron chi connectivity index (χ4n) is 9.68. The van der Waals surface area contributed by atoms with Crippen molar-refractivity contribution in [2.75, 3.05) is 13.1 Å². The number of esters is 2. The fraction of sp³-hybridized carbons (Fsp3) is 0.857. The molecule has 2 aliphatic heterocycles. The molecule has 0 aromatic rings. The molecular formula is C28H43NO6. The van der Waals surface area contributed by atoms with Crippen molar-refractivity contribution in [3.63, 3.8) is 0 Å². The Labute approximate surface area is 209 Å². The normalized spacial score (nSPS) is 50.8. The number of fused-ring (bicyclic) bond motifs is 5. The maximum Gasteiger partial charge on any atom is 0.309 e. The molecule has 7 nitrogen and oxygen atoms in total. The second-order valence-corrected chi connectivity index (χ2v) is 13.4. The Morgan fingerprint density at radius 3 is 2.49 bits per heavy atom. The van der Waals surface area contributed by atoms with Gasteiger partial charge < -0.3 is 25.0 Å². The molecule has 2 heterocycles. The van der Waals surface area contributed by atoms with E-state index in [1.165, 1.54) is 6.92 Å². The Hall–Kier alpha value is -1.44. The van der Waals surface area contributed by atoms with Crippen molar-refractivity contribution in [2.45, 2.75) is 104 Å². The Balaban J connectivity index is 1.67. The molecule has 35 heavy (non-hydrogen) atoms. The zero-order valence-corrected chi connectivity index (χ0v) is 22.1. The molecule has 0 amide bonds. The zero-order chi connectivity index (χ0) is 25.6. The van der Waals surface area contributed by atoms with E-state index in [1.54, 1.807) is 0 Å². The fourth-order valence-corrected chi connectivity index (χ4v) is 9.68. The standard InChI is InChI=1S/C28H43NO6/c1-16(30)34-21-13-19-24(2,3)20(31)8-10-25(19,4)18-7-11-26(5)23(17-9-12-29-15-17)35-22(32)14-28(26,33)27(18,21)6/h9,18-21,23,29,31,33H,7-8,10-15H2,1-6H3/t18?,19?,20-,21-,23+,25-,26+,27+,28?/m1/s1. The lowest BCUT2D eigenvalue weighted by molar-refractivity contribution is -0.331. The molecule has 0 aromatic heterocycles. The third-order valence-corrected chi connectivity index (χ3v) is 11.6. The van der Waals surface area contributed by atoms with Gasteiger partial charge in [-0.25, -0.2) is 0 Å². The minimum absolute atomic E-state index is 0.0326. The van der Waals surface area contributed by atoms with Crippen LogP contribution in [0.25, 0.3) is 0 Å². The van der Waals surface area contributed by atoms with Gasteiger partial charge in [-0.15, -0.1) is 0 Å². The van der Waals surface area contributed by atoms with E-state index >= 15 is 0 Å². The lowest BCUT2D eigenvalue weighted by Gasteiger charge is -2.73. The molecular weight excluding hydrogens is 446 g/mol. The number of hydrogen-bond donors (Lipinski definition) is 3. The molecule has 4 fully saturated rings. The van der Waals surface area contributed by atoms with Crippen LogP contribution in [0.15, 0.2) is 11.6 Å². The van der Waals surface area contributed by atoms with Gasteiger partial charge in [0.15, 0.2) is 0 Å². The summed E-state index contributed by atoms with van der Waals surface area (Å²) in [7, 11) is 0. The number of hydrogen-bond acceptors (Lipinski definition) is 7. The van der Waals surface area contributed by atoms with E-state index in [0.29, 0.717) is 19.4 Å². The van der Waals surface area contributed by atoms with E-state index in [-0.39, 0.29) is 35.1 Å². The summed E-state index contributed by atoms with van der Waals surface area (Å²) in [5.41, 5.74) is -2.41. The predicted molar refractivity (Wildman–Crippen MR) is 130 cm³/mol. The highest BCUT2D eigenvalue weighted by Crippen LogP contribution is 2.74. The Morgan fingerprint density at radius 1 is 1.14 bits per heavy atom. The monoisotopic (exact) mass is 489 g/mol. The molecule has 3 aliphatic carbocycles. The van der Waals surface area contributed by atoms with Gasteiger partial charge in [-0.1, -0.05) is 40.7 Å². The number of rotatable bonds is 2. The second-order valence-electron chi connectivity index (χ2n) is 13.4. The summed E-state index contributed by atoms with van der Waals surface area (Å²) in [5.74, 6) is -0.605. The first-order valence-electron chi connectivity index (χ1n) is 13.4. The van der Waals surface area contributed by atoms with Gasteiger partial charge >= 0.3 is 11.9 Å². The highest BCUT2D eigenvalue weighted by molar-refractivity contribution is 5.74. The molecule has 7 heteroatoms. The summed E-state index contributed by atoms with van der Waals surface area (Å²) in [6, 6.07) is 0. The second kappa shape index (κ2) is 7.78. The van der Waals surface area contributed by atoms with E-state index < -0.39 is 40.7 Å². The van der Waals surface area contributed by atoms with E-state index in [1.807, 2.05) is 0 Å². The Bertz CT molecular complexity index is 961. The first kappa shape index (κ1) is 25.2. The number of ether oxygens (including phenoxy) is 2. The van der Waals surface area contributed by atoms with Gasteiger partial charge in [0.25, 0.3) is 0 Å². The van der Waals surface area contributed by atoms with Crippen molar-refractivity contribution in [1.82, 2.24) is 5.32 Å². The van der Waals surface area contributed by atoms with Crippen LogP contribution in [0.5, 0.6) is 0 Å². The average Bonchev–Trinajstić information content (AvgIpc) is 3.29. The van der Waals surface area contributed by atoms with Gasteiger partial charge in [0.1, 0.15) is 12.2 Å². The van der Waals surface area contributed by atoms with Crippen LogP contribution < -0.4 is 5.32 Å². The maximum absolute atomic E-state index is 13.1. The van der Waals surface area contributed by atoms with Crippen molar-refractivity contribution < 1.29 is 29.3 Å². The van der Waals surface area contributed by atoms with Crippen LogP contribution in [-0.4, -0.2) is 59.2 Å². The third kappa shape index (κ3) is 3.13. The molecule has 5 rings (SSSR count). The van der Waals surface area contributed by atoms with Gasteiger partial charge in [0.2, 0.25) is 0 Å². The number of carbonyl (C=O) groups excluding carboxylic acids is 2.